The fourth-order valence-electron chi connectivity index (χ4n) is 1.71. The lowest BCUT2D eigenvalue weighted by molar-refractivity contribution is 0.837. The molecule has 2 aromatic rings. The molecule has 0 atom stereocenters. The molecule has 0 aromatic carbocycles. The molecule has 0 aliphatic carbocycles. The maximum atomic E-state index is 4.25. The lowest BCUT2D eigenvalue weighted by Gasteiger charge is -2.18. The van der Waals surface area contributed by atoms with Gasteiger partial charge in [-0.2, -0.15) is 0 Å². The van der Waals surface area contributed by atoms with Gasteiger partial charge in [0.2, 0.25) is 0 Å². The SMILES string of the molecule is Cc1nnc2n1-c1cccnc1NC2. The molecule has 0 saturated carbocycles. The summed E-state index contributed by atoms with van der Waals surface area (Å²) in [7, 11) is 0. The molecule has 0 amide bonds. The summed E-state index contributed by atoms with van der Waals surface area (Å²) in [6.07, 6.45) is 1.77. The fourth-order valence-corrected chi connectivity index (χ4v) is 1.71. The van der Waals surface area contributed by atoms with E-state index in [1.54, 1.807) is 6.20 Å². The number of hydrogen-bond donors (Lipinski definition) is 1. The third-order valence-corrected chi connectivity index (χ3v) is 2.33. The van der Waals surface area contributed by atoms with Crippen LogP contribution >= 0.6 is 0 Å². The van der Waals surface area contributed by atoms with E-state index < -0.39 is 0 Å². The summed E-state index contributed by atoms with van der Waals surface area (Å²) in [4.78, 5) is 4.25. The van der Waals surface area contributed by atoms with Crippen LogP contribution in [0.25, 0.3) is 5.69 Å². The van der Waals surface area contributed by atoms with E-state index in [-0.39, 0.29) is 0 Å². The first kappa shape index (κ1) is 7.49. The first-order valence-electron chi connectivity index (χ1n) is 4.46. The van der Waals surface area contributed by atoms with Gasteiger partial charge in [0, 0.05) is 6.20 Å². The van der Waals surface area contributed by atoms with E-state index in [1.807, 2.05) is 23.6 Å². The normalized spacial score (nSPS) is 12.9. The molecule has 0 saturated heterocycles. The molecule has 70 valence electrons. The zero-order valence-electron chi connectivity index (χ0n) is 7.73. The van der Waals surface area contributed by atoms with Crippen molar-refractivity contribution in [2.75, 3.05) is 5.32 Å². The number of aromatic nitrogens is 4. The van der Waals surface area contributed by atoms with Crippen LogP contribution in [-0.4, -0.2) is 19.7 Å². The van der Waals surface area contributed by atoms with E-state index >= 15 is 0 Å². The third-order valence-electron chi connectivity index (χ3n) is 2.33. The molecule has 3 rings (SSSR count). The summed E-state index contributed by atoms with van der Waals surface area (Å²) >= 11 is 0. The minimum atomic E-state index is 0.685. The van der Waals surface area contributed by atoms with Crippen molar-refractivity contribution in [3.8, 4) is 5.69 Å². The van der Waals surface area contributed by atoms with Crippen molar-refractivity contribution in [2.45, 2.75) is 13.5 Å². The Morgan fingerprint density at radius 2 is 2.36 bits per heavy atom. The van der Waals surface area contributed by atoms with Crippen LogP contribution in [0, 0.1) is 6.92 Å². The molecule has 5 heteroatoms. The Bertz CT molecular complexity index is 488. The Hall–Kier alpha value is -1.91. The van der Waals surface area contributed by atoms with E-state index in [0.29, 0.717) is 6.54 Å². The van der Waals surface area contributed by atoms with Crippen molar-refractivity contribution in [3.63, 3.8) is 0 Å². The van der Waals surface area contributed by atoms with Crippen molar-refractivity contribution in [1.82, 2.24) is 19.7 Å². The van der Waals surface area contributed by atoms with Gasteiger partial charge in [-0.1, -0.05) is 0 Å². The van der Waals surface area contributed by atoms with Crippen molar-refractivity contribution >= 4 is 5.82 Å². The number of hydrogen-bond acceptors (Lipinski definition) is 4. The van der Waals surface area contributed by atoms with Gasteiger partial charge in [0.05, 0.1) is 12.2 Å². The maximum Gasteiger partial charge on any atom is 0.157 e. The van der Waals surface area contributed by atoms with Crippen LogP contribution in [0.3, 0.4) is 0 Å². The molecule has 3 heterocycles. The molecular formula is C9H9N5. The van der Waals surface area contributed by atoms with Gasteiger partial charge < -0.3 is 5.32 Å². The molecule has 1 aliphatic heterocycles. The quantitative estimate of drug-likeness (QED) is 0.665. The first-order valence-corrected chi connectivity index (χ1v) is 4.46. The number of nitrogens with one attached hydrogen (secondary N) is 1. The van der Waals surface area contributed by atoms with E-state index in [9.17, 15) is 0 Å². The second-order valence-electron chi connectivity index (χ2n) is 3.22. The van der Waals surface area contributed by atoms with Crippen LogP contribution in [0.2, 0.25) is 0 Å². The molecule has 1 N–H and O–H groups in total. The van der Waals surface area contributed by atoms with Crippen LogP contribution in [-0.2, 0) is 6.54 Å². The molecule has 0 fully saturated rings. The van der Waals surface area contributed by atoms with Gasteiger partial charge in [-0.25, -0.2) is 4.98 Å². The molecule has 5 nitrogen and oxygen atoms in total. The zero-order valence-corrected chi connectivity index (χ0v) is 7.73. The predicted octanol–water partition coefficient (Wildman–Crippen LogP) is 0.896. The smallest absolute Gasteiger partial charge is 0.157 e. The second kappa shape index (κ2) is 2.54. The van der Waals surface area contributed by atoms with Gasteiger partial charge >= 0.3 is 0 Å². The summed E-state index contributed by atoms with van der Waals surface area (Å²) in [6, 6.07) is 3.92. The number of fused-ring (bicyclic) bond motifs is 3. The Morgan fingerprint density at radius 1 is 1.43 bits per heavy atom. The molecule has 1 aliphatic rings. The highest BCUT2D eigenvalue weighted by Gasteiger charge is 2.18. The van der Waals surface area contributed by atoms with Crippen molar-refractivity contribution in [2.24, 2.45) is 0 Å². The van der Waals surface area contributed by atoms with Crippen molar-refractivity contribution in [1.29, 1.82) is 0 Å². The van der Waals surface area contributed by atoms with E-state index in [0.717, 1.165) is 23.2 Å². The van der Waals surface area contributed by atoms with Gasteiger partial charge in [0.1, 0.15) is 5.82 Å². The van der Waals surface area contributed by atoms with Crippen LogP contribution < -0.4 is 5.32 Å². The van der Waals surface area contributed by atoms with Crippen molar-refractivity contribution in [3.05, 3.63) is 30.0 Å². The van der Waals surface area contributed by atoms with Gasteiger partial charge in [-0.3, -0.25) is 4.57 Å². The first-order chi connectivity index (χ1) is 6.86. The van der Waals surface area contributed by atoms with Crippen LogP contribution in [0.1, 0.15) is 11.6 Å². The van der Waals surface area contributed by atoms with Gasteiger partial charge in [-0.15, -0.1) is 10.2 Å². The molecule has 0 bridgehead atoms. The summed E-state index contributed by atoms with van der Waals surface area (Å²) in [5, 5.41) is 11.3. The zero-order chi connectivity index (χ0) is 9.54. The highest BCUT2D eigenvalue weighted by molar-refractivity contribution is 5.58. The molecule has 0 spiro atoms. The monoisotopic (exact) mass is 187 g/mol. The van der Waals surface area contributed by atoms with E-state index in [4.69, 9.17) is 0 Å². The Balaban J connectivity index is 2.32. The molecule has 2 aromatic heterocycles. The van der Waals surface area contributed by atoms with Crippen LogP contribution in [0.4, 0.5) is 5.82 Å². The van der Waals surface area contributed by atoms with Crippen molar-refractivity contribution < 1.29 is 0 Å². The van der Waals surface area contributed by atoms with E-state index in [2.05, 4.69) is 20.5 Å². The molecular weight excluding hydrogens is 178 g/mol. The highest BCUT2D eigenvalue weighted by Crippen LogP contribution is 2.24. The lowest BCUT2D eigenvalue weighted by Crippen LogP contribution is -2.17. The molecule has 0 radical (unpaired) electrons. The predicted molar refractivity (Wildman–Crippen MR) is 51.2 cm³/mol. The van der Waals surface area contributed by atoms with Gasteiger partial charge in [0.25, 0.3) is 0 Å². The topological polar surface area (TPSA) is 55.6 Å². The van der Waals surface area contributed by atoms with E-state index in [1.165, 1.54) is 0 Å². The molecule has 0 unspecified atom stereocenters. The second-order valence-corrected chi connectivity index (χ2v) is 3.22. The number of aryl methyl sites for hydroxylation is 1. The third kappa shape index (κ3) is 0.863. The number of nitrogens with zero attached hydrogens (tertiary/aromatic N) is 4. The van der Waals surface area contributed by atoms with Crippen LogP contribution in [0.5, 0.6) is 0 Å². The standard InChI is InChI=1S/C9H9N5/c1-6-12-13-8-5-11-9-7(14(6)8)3-2-4-10-9/h2-4H,5H2,1H3,(H,10,11). The average Bonchev–Trinajstić information content (AvgIpc) is 2.61. The van der Waals surface area contributed by atoms with Gasteiger partial charge in [0.15, 0.2) is 11.6 Å². The largest absolute Gasteiger partial charge is 0.361 e. The minimum Gasteiger partial charge on any atom is -0.361 e. The lowest BCUT2D eigenvalue weighted by atomic mass is 10.3. The Kier molecular flexibility index (Phi) is 1.36. The number of pyridine rings is 1. The Morgan fingerprint density at radius 3 is 3.29 bits per heavy atom. The fraction of sp³-hybridized carbons (Fsp3) is 0.222. The summed E-state index contributed by atoms with van der Waals surface area (Å²) in [6.45, 7) is 2.63. The molecule has 14 heavy (non-hydrogen) atoms. The number of anilines is 1. The summed E-state index contributed by atoms with van der Waals surface area (Å²) in [5.74, 6) is 2.72. The number of rotatable bonds is 0. The summed E-state index contributed by atoms with van der Waals surface area (Å²) < 4.78 is 2.03. The average molecular weight is 187 g/mol. The highest BCUT2D eigenvalue weighted by atomic mass is 15.3. The van der Waals surface area contributed by atoms with Crippen LogP contribution in [0.15, 0.2) is 18.3 Å². The van der Waals surface area contributed by atoms with Gasteiger partial charge in [-0.05, 0) is 19.1 Å². The maximum absolute atomic E-state index is 4.25. The summed E-state index contributed by atoms with van der Waals surface area (Å²) in [5.41, 5.74) is 1.02. The minimum absolute atomic E-state index is 0.685. The Labute approximate surface area is 80.8 Å².